The van der Waals surface area contributed by atoms with E-state index >= 15 is 0 Å². The summed E-state index contributed by atoms with van der Waals surface area (Å²) < 4.78 is 1.54. The maximum Gasteiger partial charge on any atom is 0.293 e. The van der Waals surface area contributed by atoms with Gasteiger partial charge in [-0.15, -0.1) is 0 Å². The summed E-state index contributed by atoms with van der Waals surface area (Å²) >= 11 is 1.97. The molecule has 15 heavy (non-hydrogen) atoms. The van der Waals surface area contributed by atoms with Crippen molar-refractivity contribution in [3.05, 3.63) is 22.7 Å². The smallest absolute Gasteiger partial charge is 0.293 e. The number of rotatable bonds is 3. The number of nitrogens with zero attached hydrogens (tertiary/aromatic N) is 2. The van der Waals surface area contributed by atoms with Gasteiger partial charge in [0.2, 0.25) is 0 Å². The van der Waals surface area contributed by atoms with E-state index < -0.39 is 0 Å². The molecular formula is C10H15N3OS. The first-order valence-corrected chi connectivity index (χ1v) is 6.19. The second-order valence-electron chi connectivity index (χ2n) is 3.71. The maximum atomic E-state index is 11.6. The van der Waals surface area contributed by atoms with Gasteiger partial charge in [-0.3, -0.25) is 4.79 Å². The summed E-state index contributed by atoms with van der Waals surface area (Å²) in [5.41, 5.74) is -0.0551. The highest BCUT2D eigenvalue weighted by Crippen LogP contribution is 2.25. The Kier molecular flexibility index (Phi) is 3.30. The predicted octanol–water partition coefficient (Wildman–Crippen LogP) is 1.09. The topological polar surface area (TPSA) is 46.9 Å². The molecule has 1 unspecified atom stereocenters. The third kappa shape index (κ3) is 2.53. The first kappa shape index (κ1) is 10.5. The quantitative estimate of drug-likeness (QED) is 0.836. The van der Waals surface area contributed by atoms with Crippen molar-refractivity contribution in [3.8, 4) is 0 Å². The lowest BCUT2D eigenvalue weighted by Gasteiger charge is -2.10. The number of nitrogens with one attached hydrogen (secondary N) is 1. The third-order valence-electron chi connectivity index (χ3n) is 2.54. The monoisotopic (exact) mass is 225 g/mol. The van der Waals surface area contributed by atoms with Gasteiger partial charge in [0.25, 0.3) is 5.56 Å². The average Bonchev–Trinajstić information content (AvgIpc) is 2.73. The van der Waals surface area contributed by atoms with Gasteiger partial charge >= 0.3 is 0 Å². The highest BCUT2D eigenvalue weighted by Gasteiger charge is 2.15. The molecule has 0 radical (unpaired) electrons. The van der Waals surface area contributed by atoms with Crippen molar-refractivity contribution >= 4 is 17.6 Å². The molecule has 0 aromatic carbocycles. The van der Waals surface area contributed by atoms with E-state index in [0.29, 0.717) is 11.1 Å². The Hall–Kier alpha value is -0.970. The van der Waals surface area contributed by atoms with Gasteiger partial charge in [-0.1, -0.05) is 0 Å². The minimum absolute atomic E-state index is 0.0551. The molecule has 0 bridgehead atoms. The Labute approximate surface area is 93.1 Å². The number of thioether (sulfide) groups is 1. The number of hydrogen-bond donors (Lipinski definition) is 1. The zero-order valence-electron chi connectivity index (χ0n) is 8.77. The van der Waals surface area contributed by atoms with Gasteiger partial charge < -0.3 is 9.88 Å². The van der Waals surface area contributed by atoms with Crippen molar-refractivity contribution in [2.75, 3.05) is 17.6 Å². The van der Waals surface area contributed by atoms with Crippen molar-refractivity contribution in [1.29, 1.82) is 0 Å². The first-order chi connectivity index (χ1) is 7.27. The molecule has 5 heteroatoms. The highest BCUT2D eigenvalue weighted by atomic mass is 32.2. The molecule has 1 atom stereocenters. The van der Waals surface area contributed by atoms with E-state index in [2.05, 4.69) is 10.3 Å². The molecule has 82 valence electrons. The molecule has 1 aromatic heterocycles. The second kappa shape index (κ2) is 4.70. The van der Waals surface area contributed by atoms with E-state index in [1.54, 1.807) is 19.4 Å². The summed E-state index contributed by atoms with van der Waals surface area (Å²) in [6.07, 6.45) is 5.84. The van der Waals surface area contributed by atoms with Gasteiger partial charge in [0.05, 0.1) is 0 Å². The molecule has 1 N–H and O–H groups in total. The van der Waals surface area contributed by atoms with Crippen LogP contribution < -0.4 is 10.9 Å². The summed E-state index contributed by atoms with van der Waals surface area (Å²) in [5, 5.41) is 3.77. The zero-order chi connectivity index (χ0) is 10.7. The van der Waals surface area contributed by atoms with Crippen LogP contribution in [-0.2, 0) is 7.05 Å². The van der Waals surface area contributed by atoms with Gasteiger partial charge in [0, 0.05) is 31.2 Å². The molecule has 4 nitrogen and oxygen atoms in total. The minimum atomic E-state index is -0.0551. The molecule has 1 aromatic rings. The summed E-state index contributed by atoms with van der Waals surface area (Å²) in [7, 11) is 1.74. The lowest BCUT2D eigenvalue weighted by Crippen LogP contribution is -2.24. The first-order valence-electron chi connectivity index (χ1n) is 5.14. The number of anilines is 1. The van der Waals surface area contributed by atoms with Crippen LogP contribution in [0.2, 0.25) is 0 Å². The summed E-state index contributed by atoms with van der Waals surface area (Å²) in [6.45, 7) is 0.844. The Morgan fingerprint density at radius 2 is 2.60 bits per heavy atom. The van der Waals surface area contributed by atoms with Gasteiger partial charge in [-0.25, -0.2) is 4.98 Å². The van der Waals surface area contributed by atoms with Crippen LogP contribution in [0.5, 0.6) is 0 Å². The molecule has 1 fully saturated rings. The molecule has 0 aliphatic carbocycles. The largest absolute Gasteiger partial charge is 0.364 e. The lowest BCUT2D eigenvalue weighted by atomic mass is 10.2. The molecule has 1 aliphatic rings. The van der Waals surface area contributed by atoms with Gasteiger partial charge in [0.1, 0.15) is 0 Å². The van der Waals surface area contributed by atoms with Crippen molar-refractivity contribution < 1.29 is 0 Å². The average molecular weight is 225 g/mol. The van der Waals surface area contributed by atoms with Crippen LogP contribution in [0.4, 0.5) is 5.82 Å². The fraction of sp³-hybridized carbons (Fsp3) is 0.600. The lowest BCUT2D eigenvalue weighted by molar-refractivity contribution is 0.793. The maximum absolute atomic E-state index is 11.6. The van der Waals surface area contributed by atoms with Crippen LogP contribution >= 0.6 is 11.8 Å². The van der Waals surface area contributed by atoms with Gasteiger partial charge in [-0.05, 0) is 18.6 Å². The fourth-order valence-electron chi connectivity index (χ4n) is 1.63. The number of aryl methyl sites for hydroxylation is 1. The van der Waals surface area contributed by atoms with Crippen LogP contribution in [0.25, 0.3) is 0 Å². The zero-order valence-corrected chi connectivity index (χ0v) is 9.59. The minimum Gasteiger partial charge on any atom is -0.364 e. The SMILES string of the molecule is Cn1ccnc(NCC2CCCS2)c1=O. The standard InChI is InChI=1S/C10H15N3OS/c1-13-5-4-11-9(10(13)14)12-7-8-3-2-6-15-8/h4-5,8H,2-3,6-7H2,1H3,(H,11,12). The highest BCUT2D eigenvalue weighted by molar-refractivity contribution is 8.00. The molecule has 0 spiro atoms. The second-order valence-corrected chi connectivity index (χ2v) is 5.12. The van der Waals surface area contributed by atoms with Crippen LogP contribution in [0.15, 0.2) is 17.2 Å². The number of hydrogen-bond acceptors (Lipinski definition) is 4. The van der Waals surface area contributed by atoms with Crippen LogP contribution in [0, 0.1) is 0 Å². The van der Waals surface area contributed by atoms with E-state index in [9.17, 15) is 4.79 Å². The van der Waals surface area contributed by atoms with Crippen molar-refractivity contribution in [1.82, 2.24) is 9.55 Å². The van der Waals surface area contributed by atoms with E-state index in [1.165, 1.54) is 23.2 Å². The molecular weight excluding hydrogens is 210 g/mol. The predicted molar refractivity (Wildman–Crippen MR) is 63.4 cm³/mol. The van der Waals surface area contributed by atoms with Crippen LogP contribution in [0.1, 0.15) is 12.8 Å². The van der Waals surface area contributed by atoms with E-state index in [-0.39, 0.29) is 5.56 Å². The van der Waals surface area contributed by atoms with Crippen LogP contribution in [0.3, 0.4) is 0 Å². The van der Waals surface area contributed by atoms with E-state index in [4.69, 9.17) is 0 Å². The molecule has 2 rings (SSSR count). The molecule has 2 heterocycles. The Balaban J connectivity index is 1.98. The summed E-state index contributed by atoms with van der Waals surface area (Å²) in [4.78, 5) is 15.7. The third-order valence-corrected chi connectivity index (χ3v) is 3.94. The van der Waals surface area contributed by atoms with Crippen molar-refractivity contribution in [3.63, 3.8) is 0 Å². The molecule has 1 aliphatic heterocycles. The summed E-state index contributed by atoms with van der Waals surface area (Å²) in [6, 6.07) is 0. The Morgan fingerprint density at radius 1 is 1.73 bits per heavy atom. The normalized spacial score (nSPS) is 20.5. The molecule has 0 saturated carbocycles. The van der Waals surface area contributed by atoms with Crippen molar-refractivity contribution in [2.45, 2.75) is 18.1 Å². The molecule has 1 saturated heterocycles. The number of aromatic nitrogens is 2. The fourth-order valence-corrected chi connectivity index (χ4v) is 2.84. The Bertz CT molecular complexity index is 384. The van der Waals surface area contributed by atoms with Crippen LogP contribution in [-0.4, -0.2) is 27.1 Å². The van der Waals surface area contributed by atoms with E-state index in [0.717, 1.165) is 6.54 Å². The van der Waals surface area contributed by atoms with E-state index in [1.807, 2.05) is 11.8 Å². The molecule has 0 amide bonds. The Morgan fingerprint density at radius 3 is 3.33 bits per heavy atom. The van der Waals surface area contributed by atoms with Gasteiger partial charge in [0.15, 0.2) is 5.82 Å². The van der Waals surface area contributed by atoms with Gasteiger partial charge in [-0.2, -0.15) is 11.8 Å². The van der Waals surface area contributed by atoms with Crippen molar-refractivity contribution in [2.24, 2.45) is 7.05 Å². The summed E-state index contributed by atoms with van der Waals surface area (Å²) in [5.74, 6) is 1.71.